The minimum absolute atomic E-state index is 0.186. The van der Waals surface area contributed by atoms with Gasteiger partial charge in [-0.15, -0.1) is 0 Å². The Kier molecular flexibility index (Phi) is 3.07. The topological polar surface area (TPSA) is 59.3 Å². The first kappa shape index (κ1) is 10.5. The molecule has 2 aromatic rings. The molecule has 0 aliphatic carbocycles. The molecule has 2 rings (SSSR count). The van der Waals surface area contributed by atoms with Gasteiger partial charge in [0.2, 0.25) is 0 Å². The number of para-hydroxylation sites is 2. The Hall–Kier alpha value is -2.01. The molecule has 84 valence electrons. The van der Waals surface area contributed by atoms with E-state index in [1.54, 1.807) is 42.3 Å². The van der Waals surface area contributed by atoms with Crippen LogP contribution in [0.3, 0.4) is 0 Å². The summed E-state index contributed by atoms with van der Waals surface area (Å²) in [5, 5.41) is 16.6. The van der Waals surface area contributed by atoms with Crippen molar-refractivity contribution < 1.29 is 9.84 Å². The minimum atomic E-state index is 0.186. The lowest BCUT2D eigenvalue weighted by Crippen LogP contribution is -2.13. The summed E-state index contributed by atoms with van der Waals surface area (Å²) in [7, 11) is 1.80. The number of phenols is 1. The van der Waals surface area contributed by atoms with Crippen molar-refractivity contribution >= 4 is 0 Å². The van der Waals surface area contributed by atoms with E-state index in [-0.39, 0.29) is 5.75 Å². The molecule has 0 fully saturated rings. The van der Waals surface area contributed by atoms with E-state index in [1.807, 2.05) is 6.07 Å². The summed E-state index contributed by atoms with van der Waals surface area (Å²) in [6.45, 7) is 0.423. The maximum atomic E-state index is 9.64. The van der Waals surface area contributed by atoms with Crippen molar-refractivity contribution in [3.05, 3.63) is 36.7 Å². The third kappa shape index (κ3) is 2.14. The van der Waals surface area contributed by atoms with Gasteiger partial charge in [-0.1, -0.05) is 12.1 Å². The van der Waals surface area contributed by atoms with Crippen molar-refractivity contribution in [2.75, 3.05) is 13.8 Å². The first-order valence-electron chi connectivity index (χ1n) is 4.91. The molecule has 5 nitrogen and oxygen atoms in total. The van der Waals surface area contributed by atoms with Crippen molar-refractivity contribution in [3.63, 3.8) is 0 Å². The van der Waals surface area contributed by atoms with Gasteiger partial charge in [0.25, 0.3) is 0 Å². The lowest BCUT2D eigenvalue weighted by molar-refractivity contribution is 0.296. The SMILES string of the molecule is CNCOc1cnn(-c2ccccc2O)c1. The fourth-order valence-electron chi connectivity index (χ4n) is 1.33. The van der Waals surface area contributed by atoms with Gasteiger partial charge >= 0.3 is 0 Å². The van der Waals surface area contributed by atoms with Crippen LogP contribution >= 0.6 is 0 Å². The molecule has 0 unspecified atom stereocenters. The Morgan fingerprint density at radius 1 is 1.44 bits per heavy atom. The van der Waals surface area contributed by atoms with Gasteiger partial charge in [-0.25, -0.2) is 4.68 Å². The molecule has 0 saturated carbocycles. The summed E-state index contributed by atoms with van der Waals surface area (Å²) in [6, 6.07) is 7.00. The summed E-state index contributed by atoms with van der Waals surface area (Å²) < 4.78 is 6.89. The number of rotatable bonds is 4. The fourth-order valence-corrected chi connectivity index (χ4v) is 1.33. The molecule has 0 atom stereocenters. The van der Waals surface area contributed by atoms with Crippen LogP contribution in [-0.4, -0.2) is 28.7 Å². The number of ether oxygens (including phenoxy) is 1. The zero-order valence-corrected chi connectivity index (χ0v) is 8.92. The highest BCUT2D eigenvalue weighted by Crippen LogP contribution is 2.21. The second kappa shape index (κ2) is 4.67. The Bertz CT molecular complexity index is 468. The summed E-state index contributed by atoms with van der Waals surface area (Å²) in [5.41, 5.74) is 0.627. The number of aromatic hydroxyl groups is 1. The number of aromatic nitrogens is 2. The third-order valence-corrected chi connectivity index (χ3v) is 2.07. The number of hydrogen-bond donors (Lipinski definition) is 2. The first-order valence-corrected chi connectivity index (χ1v) is 4.91. The lowest BCUT2D eigenvalue weighted by Gasteiger charge is -2.03. The summed E-state index contributed by atoms with van der Waals surface area (Å²) in [4.78, 5) is 0. The first-order chi connectivity index (χ1) is 7.81. The third-order valence-electron chi connectivity index (χ3n) is 2.07. The average Bonchev–Trinajstić information content (AvgIpc) is 2.75. The molecule has 0 aliphatic rings. The Morgan fingerprint density at radius 2 is 2.25 bits per heavy atom. The van der Waals surface area contributed by atoms with E-state index in [1.165, 1.54) is 0 Å². The molecule has 1 aromatic heterocycles. The molecule has 2 N–H and O–H groups in total. The quantitative estimate of drug-likeness (QED) is 0.757. The number of phenolic OH excluding ortho intramolecular Hbond substituents is 1. The zero-order valence-electron chi connectivity index (χ0n) is 8.92. The predicted octanol–water partition coefficient (Wildman–Crippen LogP) is 1.13. The van der Waals surface area contributed by atoms with Crippen LogP contribution in [0.15, 0.2) is 36.7 Å². The predicted molar refractivity (Wildman–Crippen MR) is 59.8 cm³/mol. The second-order valence-electron chi connectivity index (χ2n) is 3.25. The van der Waals surface area contributed by atoms with Crippen molar-refractivity contribution in [2.24, 2.45) is 0 Å². The summed E-state index contributed by atoms with van der Waals surface area (Å²) >= 11 is 0. The maximum Gasteiger partial charge on any atom is 0.159 e. The summed E-state index contributed by atoms with van der Waals surface area (Å²) in [5.74, 6) is 0.836. The molecule has 1 heterocycles. The van der Waals surface area contributed by atoms with Gasteiger partial charge in [-0.2, -0.15) is 5.10 Å². The Labute approximate surface area is 93.3 Å². The van der Waals surface area contributed by atoms with Crippen LogP contribution in [0.2, 0.25) is 0 Å². The average molecular weight is 219 g/mol. The minimum Gasteiger partial charge on any atom is -0.506 e. The fraction of sp³-hybridized carbons (Fsp3) is 0.182. The van der Waals surface area contributed by atoms with Crippen LogP contribution in [0.1, 0.15) is 0 Å². The monoisotopic (exact) mass is 219 g/mol. The van der Waals surface area contributed by atoms with Gasteiger partial charge in [-0.05, 0) is 19.2 Å². The van der Waals surface area contributed by atoms with E-state index in [0.29, 0.717) is 18.2 Å². The number of nitrogens with zero attached hydrogens (tertiary/aromatic N) is 2. The standard InChI is InChI=1S/C11H13N3O2/c1-12-8-16-9-6-13-14(7-9)10-4-2-3-5-11(10)15/h2-7,12,15H,8H2,1H3. The molecule has 0 spiro atoms. The van der Waals surface area contributed by atoms with Crippen LogP contribution in [0.4, 0.5) is 0 Å². The van der Waals surface area contributed by atoms with Crippen LogP contribution in [0, 0.1) is 0 Å². The number of benzene rings is 1. The van der Waals surface area contributed by atoms with E-state index in [4.69, 9.17) is 4.74 Å². The molecule has 0 aliphatic heterocycles. The Balaban J connectivity index is 2.22. The van der Waals surface area contributed by atoms with E-state index in [2.05, 4.69) is 10.4 Å². The molecule has 0 bridgehead atoms. The molecule has 16 heavy (non-hydrogen) atoms. The van der Waals surface area contributed by atoms with Gasteiger partial charge in [0.05, 0.1) is 12.4 Å². The smallest absolute Gasteiger partial charge is 0.159 e. The van der Waals surface area contributed by atoms with Gasteiger partial charge in [-0.3, -0.25) is 5.32 Å². The second-order valence-corrected chi connectivity index (χ2v) is 3.25. The maximum absolute atomic E-state index is 9.64. The van der Waals surface area contributed by atoms with Crippen molar-refractivity contribution in [1.29, 1.82) is 0 Å². The van der Waals surface area contributed by atoms with Gasteiger partial charge < -0.3 is 9.84 Å². The van der Waals surface area contributed by atoms with Crippen LogP contribution < -0.4 is 10.1 Å². The van der Waals surface area contributed by atoms with E-state index < -0.39 is 0 Å². The largest absolute Gasteiger partial charge is 0.506 e. The van der Waals surface area contributed by atoms with E-state index in [9.17, 15) is 5.11 Å². The zero-order chi connectivity index (χ0) is 11.4. The Morgan fingerprint density at radius 3 is 3.00 bits per heavy atom. The normalized spacial score (nSPS) is 10.3. The summed E-state index contributed by atoms with van der Waals surface area (Å²) in [6.07, 6.45) is 3.32. The highest BCUT2D eigenvalue weighted by Gasteiger charge is 2.04. The van der Waals surface area contributed by atoms with Crippen molar-refractivity contribution in [1.82, 2.24) is 15.1 Å². The van der Waals surface area contributed by atoms with Gasteiger partial charge in [0, 0.05) is 0 Å². The van der Waals surface area contributed by atoms with Gasteiger partial charge in [0.15, 0.2) is 5.75 Å². The molecule has 0 saturated heterocycles. The van der Waals surface area contributed by atoms with Crippen LogP contribution in [0.25, 0.3) is 5.69 Å². The highest BCUT2D eigenvalue weighted by atomic mass is 16.5. The van der Waals surface area contributed by atoms with Crippen molar-refractivity contribution in [2.45, 2.75) is 0 Å². The molecule has 0 amide bonds. The van der Waals surface area contributed by atoms with Gasteiger partial charge in [0.1, 0.15) is 18.2 Å². The van der Waals surface area contributed by atoms with E-state index in [0.717, 1.165) is 0 Å². The molecule has 1 aromatic carbocycles. The highest BCUT2D eigenvalue weighted by molar-refractivity contribution is 5.45. The molecule has 5 heteroatoms. The molecular formula is C11H13N3O2. The van der Waals surface area contributed by atoms with E-state index >= 15 is 0 Å². The van der Waals surface area contributed by atoms with Crippen LogP contribution in [-0.2, 0) is 0 Å². The van der Waals surface area contributed by atoms with Crippen LogP contribution in [0.5, 0.6) is 11.5 Å². The lowest BCUT2D eigenvalue weighted by atomic mass is 10.3. The molecule has 0 radical (unpaired) electrons. The number of nitrogens with one attached hydrogen (secondary N) is 1. The van der Waals surface area contributed by atoms with Crippen molar-refractivity contribution in [3.8, 4) is 17.2 Å². The molecular weight excluding hydrogens is 206 g/mol. The number of hydrogen-bond acceptors (Lipinski definition) is 4.